The highest BCUT2D eigenvalue weighted by Crippen LogP contribution is 2.38. The number of hydrogen-bond acceptors (Lipinski definition) is 1. The van der Waals surface area contributed by atoms with Crippen LogP contribution in [0.2, 0.25) is 0 Å². The van der Waals surface area contributed by atoms with Gasteiger partial charge in [-0.25, -0.2) is 0 Å². The smallest absolute Gasteiger partial charge is 0.0694 e. The number of benzene rings is 1. The molecule has 1 atom stereocenters. The van der Waals surface area contributed by atoms with Crippen molar-refractivity contribution >= 4 is 0 Å². The molecule has 0 spiro atoms. The Morgan fingerprint density at radius 1 is 1.21 bits per heavy atom. The molecule has 1 saturated heterocycles. The van der Waals surface area contributed by atoms with Crippen molar-refractivity contribution in [2.24, 2.45) is 0 Å². The topological polar surface area (TPSA) is 9.23 Å². The van der Waals surface area contributed by atoms with E-state index in [2.05, 4.69) is 44.2 Å². The minimum atomic E-state index is -0.000394. The fourth-order valence-electron chi connectivity index (χ4n) is 2.32. The average Bonchev–Trinajstić information content (AvgIpc) is 2.18. The second-order valence-electron chi connectivity index (χ2n) is 4.56. The molecule has 1 heteroatoms. The zero-order valence-corrected chi connectivity index (χ0v) is 8.99. The molecular weight excluding hydrogens is 172 g/mol. The van der Waals surface area contributed by atoms with Crippen molar-refractivity contribution in [2.75, 3.05) is 6.61 Å². The lowest BCUT2D eigenvalue weighted by molar-refractivity contribution is -0.0680. The fraction of sp³-hybridized carbons (Fsp3) is 0.538. The van der Waals surface area contributed by atoms with Crippen molar-refractivity contribution in [2.45, 2.75) is 38.2 Å². The van der Waals surface area contributed by atoms with E-state index < -0.39 is 0 Å². The Labute approximate surface area is 86.1 Å². The van der Waals surface area contributed by atoms with E-state index in [9.17, 15) is 0 Å². The first-order chi connectivity index (χ1) is 6.70. The summed E-state index contributed by atoms with van der Waals surface area (Å²) < 4.78 is 5.83. The summed E-state index contributed by atoms with van der Waals surface area (Å²) in [5.74, 6) is 0.553. The summed E-state index contributed by atoms with van der Waals surface area (Å²) in [5.41, 5.74) is 1.41. The van der Waals surface area contributed by atoms with Crippen LogP contribution in [0.25, 0.3) is 0 Å². The van der Waals surface area contributed by atoms with Gasteiger partial charge >= 0.3 is 0 Å². The fourth-order valence-corrected chi connectivity index (χ4v) is 2.32. The molecule has 1 fully saturated rings. The molecule has 1 heterocycles. The Balaban J connectivity index is 2.24. The summed E-state index contributed by atoms with van der Waals surface area (Å²) in [6.45, 7) is 5.31. The van der Waals surface area contributed by atoms with Crippen LogP contribution in [0.3, 0.4) is 0 Å². The average molecular weight is 190 g/mol. The Bertz CT molecular complexity index is 289. The van der Waals surface area contributed by atoms with Crippen molar-refractivity contribution in [3.05, 3.63) is 35.9 Å². The predicted molar refractivity (Wildman–Crippen MR) is 58.4 cm³/mol. The molecule has 0 saturated carbocycles. The molecule has 0 N–H and O–H groups in total. The summed E-state index contributed by atoms with van der Waals surface area (Å²) in [5, 5.41) is 0. The maximum atomic E-state index is 5.83. The standard InChI is InChI=1S/C13H18O/c1-13(2)12(9-6-10-14-13)11-7-4-3-5-8-11/h3-5,7-8,12H,6,9-10H2,1-2H3. The summed E-state index contributed by atoms with van der Waals surface area (Å²) in [7, 11) is 0. The molecule has 0 bridgehead atoms. The van der Waals surface area contributed by atoms with Crippen LogP contribution in [0.5, 0.6) is 0 Å². The first kappa shape index (κ1) is 9.72. The lowest BCUT2D eigenvalue weighted by Gasteiger charge is -2.39. The van der Waals surface area contributed by atoms with E-state index in [1.165, 1.54) is 18.4 Å². The number of hydrogen-bond donors (Lipinski definition) is 0. The van der Waals surface area contributed by atoms with E-state index in [0.29, 0.717) is 5.92 Å². The van der Waals surface area contributed by atoms with Gasteiger partial charge in [-0.2, -0.15) is 0 Å². The highest BCUT2D eigenvalue weighted by atomic mass is 16.5. The SMILES string of the molecule is CC1(C)OCCCC1c1ccccc1. The van der Waals surface area contributed by atoms with Gasteiger partial charge in [0.05, 0.1) is 5.60 Å². The van der Waals surface area contributed by atoms with Crippen LogP contribution in [0.1, 0.15) is 38.2 Å². The first-order valence-electron chi connectivity index (χ1n) is 5.39. The van der Waals surface area contributed by atoms with Crippen molar-refractivity contribution in [1.82, 2.24) is 0 Å². The molecule has 0 aliphatic carbocycles. The zero-order valence-electron chi connectivity index (χ0n) is 8.99. The van der Waals surface area contributed by atoms with Crippen molar-refractivity contribution < 1.29 is 4.74 Å². The van der Waals surface area contributed by atoms with Gasteiger partial charge in [0, 0.05) is 12.5 Å². The van der Waals surface area contributed by atoms with E-state index >= 15 is 0 Å². The molecule has 1 aromatic rings. The van der Waals surface area contributed by atoms with Crippen LogP contribution in [-0.4, -0.2) is 12.2 Å². The third-order valence-electron chi connectivity index (χ3n) is 3.15. The molecule has 1 aliphatic rings. The molecule has 76 valence electrons. The summed E-state index contributed by atoms with van der Waals surface area (Å²) in [4.78, 5) is 0. The van der Waals surface area contributed by atoms with Crippen LogP contribution in [0, 0.1) is 0 Å². The lowest BCUT2D eigenvalue weighted by atomic mass is 9.80. The monoisotopic (exact) mass is 190 g/mol. The van der Waals surface area contributed by atoms with Gasteiger partial charge in [0.25, 0.3) is 0 Å². The highest BCUT2D eigenvalue weighted by Gasteiger charge is 2.34. The summed E-state index contributed by atoms with van der Waals surface area (Å²) in [6.07, 6.45) is 2.43. The largest absolute Gasteiger partial charge is 0.375 e. The molecule has 2 rings (SSSR count). The highest BCUT2D eigenvalue weighted by molar-refractivity contribution is 5.22. The predicted octanol–water partition coefficient (Wildman–Crippen LogP) is 3.36. The van der Waals surface area contributed by atoms with Crippen LogP contribution in [0.4, 0.5) is 0 Å². The van der Waals surface area contributed by atoms with Crippen molar-refractivity contribution in [1.29, 1.82) is 0 Å². The summed E-state index contributed by atoms with van der Waals surface area (Å²) >= 11 is 0. The van der Waals surface area contributed by atoms with Gasteiger partial charge in [0.1, 0.15) is 0 Å². The first-order valence-corrected chi connectivity index (χ1v) is 5.39. The van der Waals surface area contributed by atoms with Crippen LogP contribution < -0.4 is 0 Å². The quantitative estimate of drug-likeness (QED) is 0.659. The Kier molecular flexibility index (Phi) is 2.60. The second kappa shape index (κ2) is 3.74. The molecule has 14 heavy (non-hydrogen) atoms. The van der Waals surface area contributed by atoms with Gasteiger partial charge in [0.15, 0.2) is 0 Å². The van der Waals surface area contributed by atoms with E-state index in [1.54, 1.807) is 0 Å². The molecule has 0 aromatic heterocycles. The lowest BCUT2D eigenvalue weighted by Crippen LogP contribution is -2.37. The Morgan fingerprint density at radius 3 is 2.57 bits per heavy atom. The van der Waals surface area contributed by atoms with Crippen LogP contribution >= 0.6 is 0 Å². The molecule has 1 aliphatic heterocycles. The van der Waals surface area contributed by atoms with Gasteiger partial charge in [-0.05, 0) is 32.3 Å². The van der Waals surface area contributed by atoms with E-state index in [-0.39, 0.29) is 5.60 Å². The maximum absolute atomic E-state index is 5.83. The Morgan fingerprint density at radius 2 is 1.93 bits per heavy atom. The van der Waals surface area contributed by atoms with Gasteiger partial charge in [-0.15, -0.1) is 0 Å². The van der Waals surface area contributed by atoms with E-state index in [0.717, 1.165) is 6.61 Å². The van der Waals surface area contributed by atoms with Crippen LogP contribution in [0.15, 0.2) is 30.3 Å². The maximum Gasteiger partial charge on any atom is 0.0694 e. The van der Waals surface area contributed by atoms with E-state index in [1.807, 2.05) is 0 Å². The normalized spacial score (nSPS) is 26.0. The number of rotatable bonds is 1. The molecule has 1 aromatic carbocycles. The minimum absolute atomic E-state index is 0.000394. The number of ether oxygens (including phenoxy) is 1. The molecule has 1 unspecified atom stereocenters. The zero-order chi connectivity index (χ0) is 10.0. The van der Waals surface area contributed by atoms with Gasteiger partial charge < -0.3 is 4.74 Å². The minimum Gasteiger partial charge on any atom is -0.375 e. The van der Waals surface area contributed by atoms with Gasteiger partial charge in [0.2, 0.25) is 0 Å². The third kappa shape index (κ3) is 1.83. The summed E-state index contributed by atoms with van der Waals surface area (Å²) in [6, 6.07) is 10.7. The van der Waals surface area contributed by atoms with Crippen LogP contribution in [-0.2, 0) is 4.74 Å². The van der Waals surface area contributed by atoms with Crippen molar-refractivity contribution in [3.63, 3.8) is 0 Å². The molecule has 0 amide bonds. The third-order valence-corrected chi connectivity index (χ3v) is 3.15. The van der Waals surface area contributed by atoms with Gasteiger partial charge in [-0.3, -0.25) is 0 Å². The Hall–Kier alpha value is -0.820. The molecular formula is C13H18O. The van der Waals surface area contributed by atoms with Crippen molar-refractivity contribution in [3.8, 4) is 0 Å². The molecule has 0 radical (unpaired) electrons. The second-order valence-corrected chi connectivity index (χ2v) is 4.56. The van der Waals surface area contributed by atoms with Gasteiger partial charge in [-0.1, -0.05) is 30.3 Å². The molecule has 1 nitrogen and oxygen atoms in total. The van der Waals surface area contributed by atoms with E-state index in [4.69, 9.17) is 4.74 Å².